The van der Waals surface area contributed by atoms with E-state index in [4.69, 9.17) is 4.74 Å². The molecule has 0 N–H and O–H groups in total. The molecule has 1 amide bonds. The first-order valence-corrected chi connectivity index (χ1v) is 7.88. The monoisotopic (exact) mass is 278 g/mol. The minimum Gasteiger partial charge on any atom is -0.376 e. The second kappa shape index (κ2) is 5.86. The highest BCUT2D eigenvalue weighted by Gasteiger charge is 2.49. The van der Waals surface area contributed by atoms with Crippen molar-refractivity contribution >= 4 is 5.91 Å². The number of ether oxygens (including phenoxy) is 1. The van der Waals surface area contributed by atoms with Gasteiger partial charge in [0.05, 0.1) is 12.0 Å². The lowest BCUT2D eigenvalue weighted by atomic mass is 9.93. The average Bonchev–Trinajstić information content (AvgIpc) is 3.03. The number of amides is 1. The van der Waals surface area contributed by atoms with Crippen molar-refractivity contribution in [1.29, 1.82) is 0 Å². The highest BCUT2D eigenvalue weighted by molar-refractivity contribution is 5.79. The largest absolute Gasteiger partial charge is 0.376 e. The van der Waals surface area contributed by atoms with E-state index in [1.165, 1.54) is 19.3 Å². The molecular weight excluding hydrogens is 252 g/mol. The summed E-state index contributed by atoms with van der Waals surface area (Å²) in [6.07, 6.45) is 9.52. The van der Waals surface area contributed by atoms with E-state index in [1.54, 1.807) is 4.90 Å². The van der Waals surface area contributed by atoms with Gasteiger partial charge in [0.15, 0.2) is 0 Å². The summed E-state index contributed by atoms with van der Waals surface area (Å²) in [6.45, 7) is 2.83. The molecule has 0 spiro atoms. The first-order chi connectivity index (χ1) is 9.66. The summed E-state index contributed by atoms with van der Waals surface area (Å²) in [5.74, 6) is 1.03. The lowest BCUT2D eigenvalue weighted by molar-refractivity contribution is -0.135. The first kappa shape index (κ1) is 14.1. The minimum absolute atomic E-state index is 0.0385. The molecule has 3 aliphatic rings. The van der Waals surface area contributed by atoms with Crippen LogP contribution in [-0.2, 0) is 9.53 Å². The SMILES string of the molecule is CN(C)C(=O)[C@@H]1CN(CC2CC=CCC2)[C@H]2CCO[C@@H]12. The summed E-state index contributed by atoms with van der Waals surface area (Å²) < 4.78 is 5.88. The molecule has 0 aromatic heterocycles. The van der Waals surface area contributed by atoms with E-state index in [1.807, 2.05) is 14.1 Å². The summed E-state index contributed by atoms with van der Waals surface area (Å²) in [4.78, 5) is 16.6. The fourth-order valence-electron chi connectivity index (χ4n) is 3.98. The van der Waals surface area contributed by atoms with Crippen molar-refractivity contribution in [1.82, 2.24) is 9.80 Å². The standard InChI is InChI=1S/C16H26N2O2/c1-17(2)16(19)13-11-18(14-8-9-20-15(13)14)10-12-6-4-3-5-7-12/h3-4,12-15H,5-11H2,1-2H3/t12?,13-,14+,15+/m1/s1. The molecule has 0 bridgehead atoms. The van der Waals surface area contributed by atoms with Crippen LogP contribution in [0.3, 0.4) is 0 Å². The Morgan fingerprint density at radius 1 is 1.35 bits per heavy atom. The molecule has 1 aliphatic carbocycles. The van der Waals surface area contributed by atoms with Crippen LogP contribution in [-0.4, -0.2) is 61.6 Å². The third-order valence-electron chi connectivity index (χ3n) is 5.03. The molecule has 0 aromatic carbocycles. The molecule has 4 nitrogen and oxygen atoms in total. The van der Waals surface area contributed by atoms with Gasteiger partial charge in [-0.1, -0.05) is 12.2 Å². The molecule has 3 rings (SSSR count). The summed E-state index contributed by atoms with van der Waals surface area (Å²) >= 11 is 0. The Bertz CT molecular complexity index is 394. The maximum Gasteiger partial charge on any atom is 0.229 e. The number of nitrogens with zero attached hydrogens (tertiary/aromatic N) is 2. The van der Waals surface area contributed by atoms with Gasteiger partial charge in [0.25, 0.3) is 0 Å². The van der Waals surface area contributed by atoms with Crippen molar-refractivity contribution in [2.75, 3.05) is 33.8 Å². The number of rotatable bonds is 3. The summed E-state index contributed by atoms with van der Waals surface area (Å²) in [7, 11) is 3.70. The smallest absolute Gasteiger partial charge is 0.229 e. The number of hydrogen-bond acceptors (Lipinski definition) is 3. The van der Waals surface area contributed by atoms with Crippen LogP contribution in [0.5, 0.6) is 0 Å². The molecule has 0 aromatic rings. The van der Waals surface area contributed by atoms with Crippen molar-refractivity contribution in [2.24, 2.45) is 11.8 Å². The molecule has 0 radical (unpaired) electrons. The Labute approximate surface area is 121 Å². The zero-order chi connectivity index (χ0) is 14.1. The van der Waals surface area contributed by atoms with Gasteiger partial charge in [0, 0.05) is 39.8 Å². The molecule has 1 unspecified atom stereocenters. The van der Waals surface area contributed by atoms with Gasteiger partial charge < -0.3 is 9.64 Å². The minimum atomic E-state index is 0.0385. The summed E-state index contributed by atoms with van der Waals surface area (Å²) in [5, 5.41) is 0. The lowest BCUT2D eigenvalue weighted by Gasteiger charge is -2.28. The Morgan fingerprint density at radius 3 is 2.90 bits per heavy atom. The van der Waals surface area contributed by atoms with Crippen LogP contribution in [0.15, 0.2) is 12.2 Å². The van der Waals surface area contributed by atoms with E-state index < -0.39 is 0 Å². The summed E-state index contributed by atoms with van der Waals surface area (Å²) in [5.41, 5.74) is 0. The van der Waals surface area contributed by atoms with Crippen LogP contribution in [0.4, 0.5) is 0 Å². The lowest BCUT2D eigenvalue weighted by Crippen LogP contribution is -2.37. The van der Waals surface area contributed by atoms with Gasteiger partial charge in [-0.05, 0) is 31.6 Å². The van der Waals surface area contributed by atoms with E-state index in [-0.39, 0.29) is 17.9 Å². The number of hydrogen-bond donors (Lipinski definition) is 0. The molecule has 2 aliphatic heterocycles. The number of fused-ring (bicyclic) bond motifs is 1. The van der Waals surface area contributed by atoms with Crippen LogP contribution in [0.25, 0.3) is 0 Å². The van der Waals surface area contributed by atoms with E-state index >= 15 is 0 Å². The van der Waals surface area contributed by atoms with Crippen LogP contribution in [0.1, 0.15) is 25.7 Å². The van der Waals surface area contributed by atoms with Gasteiger partial charge in [0.2, 0.25) is 5.91 Å². The Balaban J connectivity index is 1.66. The third kappa shape index (κ3) is 2.63. The molecule has 2 saturated heterocycles. The average molecular weight is 278 g/mol. The quantitative estimate of drug-likeness (QED) is 0.734. The fourth-order valence-corrected chi connectivity index (χ4v) is 3.98. The van der Waals surface area contributed by atoms with Crippen LogP contribution in [0, 0.1) is 11.8 Å². The normalized spacial score (nSPS) is 37.1. The van der Waals surface area contributed by atoms with Crippen molar-refractivity contribution in [3.63, 3.8) is 0 Å². The van der Waals surface area contributed by atoms with E-state index in [0.717, 1.165) is 32.0 Å². The Kier molecular flexibility index (Phi) is 4.13. The molecule has 20 heavy (non-hydrogen) atoms. The number of carbonyl (C=O) groups is 1. The molecule has 0 saturated carbocycles. The zero-order valence-corrected chi connectivity index (χ0v) is 12.6. The van der Waals surface area contributed by atoms with Crippen molar-refractivity contribution < 1.29 is 9.53 Å². The van der Waals surface area contributed by atoms with Crippen molar-refractivity contribution in [2.45, 2.75) is 37.8 Å². The molecule has 2 fully saturated rings. The van der Waals surface area contributed by atoms with Gasteiger partial charge >= 0.3 is 0 Å². The van der Waals surface area contributed by atoms with Gasteiger partial charge in [-0.15, -0.1) is 0 Å². The van der Waals surface area contributed by atoms with E-state index in [0.29, 0.717) is 6.04 Å². The van der Waals surface area contributed by atoms with E-state index in [2.05, 4.69) is 17.1 Å². The topological polar surface area (TPSA) is 32.8 Å². The van der Waals surface area contributed by atoms with Gasteiger partial charge in [-0.2, -0.15) is 0 Å². The highest BCUT2D eigenvalue weighted by Crippen LogP contribution is 2.35. The first-order valence-electron chi connectivity index (χ1n) is 7.88. The predicted molar refractivity (Wildman–Crippen MR) is 78.4 cm³/mol. The number of likely N-dealkylation sites (tertiary alicyclic amines) is 1. The molecule has 4 heteroatoms. The van der Waals surface area contributed by atoms with Crippen LogP contribution in [0.2, 0.25) is 0 Å². The van der Waals surface area contributed by atoms with Crippen LogP contribution >= 0.6 is 0 Å². The van der Waals surface area contributed by atoms with E-state index in [9.17, 15) is 4.79 Å². The summed E-state index contributed by atoms with van der Waals surface area (Å²) in [6, 6.07) is 0.467. The number of allylic oxidation sites excluding steroid dienone is 2. The predicted octanol–water partition coefficient (Wildman–Crippen LogP) is 1.52. The van der Waals surface area contributed by atoms with Crippen LogP contribution < -0.4 is 0 Å². The van der Waals surface area contributed by atoms with Crippen molar-refractivity contribution in [3.05, 3.63) is 12.2 Å². The maximum absolute atomic E-state index is 12.3. The number of carbonyl (C=O) groups excluding carboxylic acids is 1. The Hall–Kier alpha value is -0.870. The maximum atomic E-state index is 12.3. The third-order valence-corrected chi connectivity index (χ3v) is 5.03. The Morgan fingerprint density at radius 2 is 2.20 bits per heavy atom. The van der Waals surface area contributed by atoms with Crippen molar-refractivity contribution in [3.8, 4) is 0 Å². The molecule has 4 atom stereocenters. The van der Waals surface area contributed by atoms with Gasteiger partial charge in [-0.25, -0.2) is 0 Å². The second-order valence-electron chi connectivity index (χ2n) is 6.63. The fraction of sp³-hybridized carbons (Fsp3) is 0.812. The molecule has 112 valence electrons. The van der Waals surface area contributed by atoms with Gasteiger partial charge in [0.1, 0.15) is 0 Å². The molecular formula is C16H26N2O2. The highest BCUT2D eigenvalue weighted by atomic mass is 16.5. The van der Waals surface area contributed by atoms with Gasteiger partial charge in [-0.3, -0.25) is 9.69 Å². The second-order valence-corrected chi connectivity index (χ2v) is 6.63. The zero-order valence-electron chi connectivity index (χ0n) is 12.6. The molecule has 2 heterocycles.